The second-order valence-corrected chi connectivity index (χ2v) is 8.69. The molecule has 1 atom stereocenters. The standard InChI is InChI=1S/C19H33NO6/c1-18(2,3)24-16(22)20(26-17(23)25-19(4,5)6)13-8-7-10-14-11-9-12-15(14)21/h14H,7-13H2,1-6H3. The number of ether oxygens (including phenoxy) is 2. The molecule has 0 heterocycles. The minimum atomic E-state index is -0.950. The largest absolute Gasteiger partial charge is 0.534 e. The van der Waals surface area contributed by atoms with Crippen LogP contribution in [0, 0.1) is 5.92 Å². The molecule has 1 saturated carbocycles. The van der Waals surface area contributed by atoms with Gasteiger partial charge in [-0.1, -0.05) is 6.42 Å². The number of hydrogen-bond acceptors (Lipinski definition) is 6. The predicted octanol–water partition coefficient (Wildman–Crippen LogP) is 4.63. The van der Waals surface area contributed by atoms with Crippen LogP contribution in [0.5, 0.6) is 0 Å². The minimum absolute atomic E-state index is 0.136. The summed E-state index contributed by atoms with van der Waals surface area (Å²) in [4.78, 5) is 40.9. The molecule has 0 N–H and O–H groups in total. The summed E-state index contributed by atoms with van der Waals surface area (Å²) in [5, 5.41) is 0.899. The lowest BCUT2D eigenvalue weighted by Crippen LogP contribution is -2.40. The second-order valence-electron chi connectivity index (χ2n) is 8.69. The van der Waals surface area contributed by atoms with Gasteiger partial charge in [0.05, 0.1) is 6.54 Å². The van der Waals surface area contributed by atoms with E-state index in [9.17, 15) is 14.4 Å². The van der Waals surface area contributed by atoms with Crippen LogP contribution < -0.4 is 0 Å². The Labute approximate surface area is 156 Å². The maximum absolute atomic E-state index is 12.3. The zero-order valence-electron chi connectivity index (χ0n) is 16.9. The normalized spacial score (nSPS) is 17.8. The van der Waals surface area contributed by atoms with Gasteiger partial charge in [-0.25, -0.2) is 9.59 Å². The average Bonchev–Trinajstić information content (AvgIpc) is 2.83. The summed E-state index contributed by atoms with van der Waals surface area (Å²) in [5.74, 6) is 0.468. The molecule has 0 spiro atoms. The van der Waals surface area contributed by atoms with Gasteiger partial charge in [-0.05, 0) is 67.2 Å². The van der Waals surface area contributed by atoms with Crippen molar-refractivity contribution in [2.24, 2.45) is 5.92 Å². The topological polar surface area (TPSA) is 82.1 Å². The van der Waals surface area contributed by atoms with Crippen molar-refractivity contribution < 1.29 is 28.7 Å². The zero-order chi connectivity index (χ0) is 20.0. The van der Waals surface area contributed by atoms with Crippen molar-refractivity contribution in [3.8, 4) is 0 Å². The van der Waals surface area contributed by atoms with Crippen LogP contribution >= 0.6 is 0 Å². The third-order valence-electron chi connectivity index (χ3n) is 3.77. The third-order valence-corrected chi connectivity index (χ3v) is 3.77. The lowest BCUT2D eigenvalue weighted by Gasteiger charge is -2.27. The fourth-order valence-corrected chi connectivity index (χ4v) is 2.68. The summed E-state index contributed by atoms with van der Waals surface area (Å²) in [5.41, 5.74) is -1.43. The Morgan fingerprint density at radius 3 is 2.15 bits per heavy atom. The fraction of sp³-hybridized carbons (Fsp3) is 0.842. The van der Waals surface area contributed by atoms with E-state index in [0.29, 0.717) is 18.6 Å². The number of rotatable bonds is 5. The Balaban J connectivity index is 2.54. The van der Waals surface area contributed by atoms with Crippen LogP contribution in [-0.4, -0.2) is 40.8 Å². The lowest BCUT2D eigenvalue weighted by molar-refractivity contribution is -0.136. The highest BCUT2D eigenvalue weighted by Gasteiger charge is 2.28. The van der Waals surface area contributed by atoms with Crippen molar-refractivity contribution in [3.05, 3.63) is 0 Å². The highest BCUT2D eigenvalue weighted by Crippen LogP contribution is 2.26. The Bertz CT molecular complexity index is 503. The van der Waals surface area contributed by atoms with Gasteiger partial charge < -0.3 is 14.3 Å². The van der Waals surface area contributed by atoms with Crippen LogP contribution in [0.25, 0.3) is 0 Å². The van der Waals surface area contributed by atoms with E-state index in [1.54, 1.807) is 41.5 Å². The van der Waals surface area contributed by atoms with E-state index in [0.717, 1.165) is 30.7 Å². The number of hydroxylamine groups is 2. The summed E-state index contributed by atoms with van der Waals surface area (Å²) in [6, 6.07) is 0. The Morgan fingerprint density at radius 1 is 1.04 bits per heavy atom. The van der Waals surface area contributed by atoms with Gasteiger partial charge in [0.2, 0.25) is 0 Å². The number of carbonyl (C=O) groups excluding carboxylic acids is 3. The van der Waals surface area contributed by atoms with Crippen LogP contribution in [0.4, 0.5) is 9.59 Å². The van der Waals surface area contributed by atoms with Crippen molar-refractivity contribution in [2.45, 2.75) is 91.3 Å². The highest BCUT2D eigenvalue weighted by atomic mass is 16.8. The van der Waals surface area contributed by atoms with E-state index in [2.05, 4.69) is 0 Å². The Kier molecular flexibility index (Phi) is 7.90. The zero-order valence-corrected chi connectivity index (χ0v) is 16.9. The van der Waals surface area contributed by atoms with E-state index >= 15 is 0 Å². The second kappa shape index (κ2) is 9.24. The van der Waals surface area contributed by atoms with Crippen LogP contribution in [0.15, 0.2) is 0 Å². The lowest BCUT2D eigenvalue weighted by atomic mass is 10.00. The van der Waals surface area contributed by atoms with Gasteiger partial charge in [0.15, 0.2) is 0 Å². The first-order chi connectivity index (χ1) is 11.9. The van der Waals surface area contributed by atoms with E-state index in [4.69, 9.17) is 14.3 Å². The molecule has 0 aromatic heterocycles. The van der Waals surface area contributed by atoms with Gasteiger partial charge in [0, 0.05) is 12.3 Å². The minimum Gasteiger partial charge on any atom is -0.442 e. The van der Waals surface area contributed by atoms with Gasteiger partial charge in [0.25, 0.3) is 0 Å². The van der Waals surface area contributed by atoms with Gasteiger partial charge in [-0.15, -0.1) is 5.06 Å². The number of nitrogens with zero attached hydrogens (tertiary/aromatic N) is 1. The first-order valence-electron chi connectivity index (χ1n) is 9.31. The van der Waals surface area contributed by atoms with Crippen LogP contribution in [-0.2, 0) is 19.1 Å². The first-order valence-corrected chi connectivity index (χ1v) is 9.31. The first kappa shape index (κ1) is 22.3. The van der Waals surface area contributed by atoms with Crippen molar-refractivity contribution in [1.82, 2.24) is 5.06 Å². The number of hydrogen-bond donors (Lipinski definition) is 0. The summed E-state index contributed by atoms with van der Waals surface area (Å²) in [6.45, 7) is 10.5. The molecular formula is C19H33NO6. The molecule has 0 saturated heterocycles. The monoisotopic (exact) mass is 371 g/mol. The number of unbranched alkanes of at least 4 members (excludes halogenated alkanes) is 1. The average molecular weight is 371 g/mol. The molecular weight excluding hydrogens is 338 g/mol. The van der Waals surface area contributed by atoms with E-state index in [-0.39, 0.29) is 12.5 Å². The molecule has 0 radical (unpaired) electrons. The molecule has 0 aliphatic heterocycles. The number of ketones is 1. The molecule has 0 aromatic rings. The van der Waals surface area contributed by atoms with E-state index < -0.39 is 23.5 Å². The van der Waals surface area contributed by atoms with Crippen LogP contribution in [0.3, 0.4) is 0 Å². The van der Waals surface area contributed by atoms with Gasteiger partial charge >= 0.3 is 12.2 Å². The maximum Gasteiger partial charge on any atom is 0.534 e. The molecule has 1 unspecified atom stereocenters. The molecule has 7 nitrogen and oxygen atoms in total. The fourth-order valence-electron chi connectivity index (χ4n) is 2.68. The summed E-state index contributed by atoms with van der Waals surface area (Å²) in [7, 11) is 0. The summed E-state index contributed by atoms with van der Waals surface area (Å²) in [6.07, 6.45) is 3.08. The van der Waals surface area contributed by atoms with Gasteiger partial charge in [0.1, 0.15) is 17.0 Å². The smallest absolute Gasteiger partial charge is 0.442 e. The van der Waals surface area contributed by atoms with E-state index in [1.165, 1.54) is 0 Å². The SMILES string of the molecule is CC(C)(C)OC(=O)ON(CCCCC1CCCC1=O)C(=O)OC(C)(C)C. The number of carbonyl (C=O) groups is 3. The van der Waals surface area contributed by atoms with Gasteiger partial charge in [-0.2, -0.15) is 0 Å². The highest BCUT2D eigenvalue weighted by molar-refractivity contribution is 5.82. The van der Waals surface area contributed by atoms with Crippen molar-refractivity contribution >= 4 is 18.0 Å². The van der Waals surface area contributed by atoms with Crippen molar-refractivity contribution in [2.75, 3.05) is 6.54 Å². The molecule has 1 amide bonds. The molecule has 1 aliphatic carbocycles. The number of amides is 1. The van der Waals surface area contributed by atoms with Crippen LogP contribution in [0.1, 0.15) is 80.1 Å². The molecule has 7 heteroatoms. The van der Waals surface area contributed by atoms with Crippen LogP contribution in [0.2, 0.25) is 0 Å². The number of Topliss-reactive ketones (excluding diaryl/α,β-unsaturated/α-hetero) is 1. The molecule has 150 valence electrons. The summed E-state index contributed by atoms with van der Waals surface area (Å²) >= 11 is 0. The molecule has 0 bridgehead atoms. The predicted molar refractivity (Wildman–Crippen MR) is 96.5 cm³/mol. The molecule has 1 rings (SSSR count). The molecule has 0 aromatic carbocycles. The molecule has 26 heavy (non-hydrogen) atoms. The van der Waals surface area contributed by atoms with E-state index in [1.807, 2.05) is 0 Å². The van der Waals surface area contributed by atoms with Crippen molar-refractivity contribution in [1.29, 1.82) is 0 Å². The van der Waals surface area contributed by atoms with Gasteiger partial charge in [-0.3, -0.25) is 4.79 Å². The quantitative estimate of drug-likeness (QED) is 0.398. The Hall–Kier alpha value is -1.79. The third kappa shape index (κ3) is 9.06. The molecule has 1 aliphatic rings. The summed E-state index contributed by atoms with van der Waals surface area (Å²) < 4.78 is 10.4. The Morgan fingerprint density at radius 2 is 1.65 bits per heavy atom. The molecule has 1 fully saturated rings. The van der Waals surface area contributed by atoms with Crippen molar-refractivity contribution in [3.63, 3.8) is 0 Å². The maximum atomic E-state index is 12.3.